The molecule has 3 N–H and O–H groups in total. The van der Waals surface area contributed by atoms with Crippen molar-refractivity contribution in [2.75, 3.05) is 18.2 Å². The Morgan fingerprint density at radius 2 is 2.06 bits per heavy atom. The Kier molecular flexibility index (Phi) is 3.72. The van der Waals surface area contributed by atoms with Crippen LogP contribution >= 0.6 is 15.9 Å². The Hall–Kier alpha value is -1.75. The first-order valence-electron chi connectivity index (χ1n) is 5.26. The van der Waals surface area contributed by atoms with Crippen LogP contribution in [-0.4, -0.2) is 7.11 Å². The summed E-state index contributed by atoms with van der Waals surface area (Å²) in [4.78, 5) is 0. The molecule has 0 atom stereocenters. The van der Waals surface area contributed by atoms with E-state index in [-0.39, 0.29) is 5.82 Å². The van der Waals surface area contributed by atoms with Gasteiger partial charge >= 0.3 is 0 Å². The lowest BCUT2D eigenvalue weighted by molar-refractivity contribution is 0.417. The molecule has 18 heavy (non-hydrogen) atoms. The van der Waals surface area contributed by atoms with Crippen molar-refractivity contribution in [3.05, 3.63) is 46.7 Å². The van der Waals surface area contributed by atoms with Crippen LogP contribution in [-0.2, 0) is 0 Å². The zero-order chi connectivity index (χ0) is 13.1. The number of anilines is 3. The Bertz CT molecular complexity index is 575. The van der Waals surface area contributed by atoms with E-state index in [4.69, 9.17) is 10.5 Å². The number of benzene rings is 2. The van der Waals surface area contributed by atoms with E-state index in [1.807, 2.05) is 12.1 Å². The van der Waals surface area contributed by atoms with E-state index in [0.29, 0.717) is 21.6 Å². The normalized spacial score (nSPS) is 10.2. The predicted molar refractivity (Wildman–Crippen MR) is 74.8 cm³/mol. The molecule has 0 spiro atoms. The Morgan fingerprint density at radius 1 is 1.28 bits per heavy atom. The maximum absolute atomic E-state index is 13.1. The summed E-state index contributed by atoms with van der Waals surface area (Å²) < 4.78 is 18.6. The van der Waals surface area contributed by atoms with Crippen LogP contribution in [0.15, 0.2) is 40.9 Å². The van der Waals surface area contributed by atoms with Gasteiger partial charge in [-0.15, -0.1) is 0 Å². The first-order chi connectivity index (χ1) is 8.61. The summed E-state index contributed by atoms with van der Waals surface area (Å²) in [6.07, 6.45) is 0. The molecule has 0 saturated carbocycles. The van der Waals surface area contributed by atoms with Gasteiger partial charge < -0.3 is 15.8 Å². The lowest BCUT2D eigenvalue weighted by atomic mass is 10.2. The fourth-order valence-electron chi connectivity index (χ4n) is 1.56. The van der Waals surface area contributed by atoms with Gasteiger partial charge in [-0.3, -0.25) is 0 Å². The highest BCUT2D eigenvalue weighted by Gasteiger charge is 2.06. The molecule has 3 nitrogen and oxygen atoms in total. The molecule has 0 aliphatic rings. The molecule has 0 aliphatic heterocycles. The molecule has 0 saturated heterocycles. The van der Waals surface area contributed by atoms with Gasteiger partial charge in [0.05, 0.1) is 23.0 Å². The van der Waals surface area contributed by atoms with Gasteiger partial charge in [0.1, 0.15) is 11.6 Å². The highest BCUT2D eigenvalue weighted by Crippen LogP contribution is 2.32. The Labute approximate surface area is 113 Å². The van der Waals surface area contributed by atoms with Gasteiger partial charge in [-0.25, -0.2) is 4.39 Å². The third-order valence-electron chi connectivity index (χ3n) is 2.48. The summed E-state index contributed by atoms with van der Waals surface area (Å²) in [5.74, 6) is 0.292. The summed E-state index contributed by atoms with van der Waals surface area (Å²) in [6.45, 7) is 0. The summed E-state index contributed by atoms with van der Waals surface area (Å²) in [6, 6.07) is 10.1. The highest BCUT2D eigenvalue weighted by molar-refractivity contribution is 9.10. The number of nitrogens with two attached hydrogens (primary N) is 1. The number of hydrogen-bond acceptors (Lipinski definition) is 3. The second kappa shape index (κ2) is 5.27. The van der Waals surface area contributed by atoms with E-state index in [1.54, 1.807) is 25.3 Å². The van der Waals surface area contributed by atoms with Crippen molar-refractivity contribution >= 4 is 33.0 Å². The van der Waals surface area contributed by atoms with Gasteiger partial charge in [-0.1, -0.05) is 6.07 Å². The zero-order valence-corrected chi connectivity index (χ0v) is 11.3. The second-order valence-electron chi connectivity index (χ2n) is 3.68. The average Bonchev–Trinajstić information content (AvgIpc) is 2.36. The van der Waals surface area contributed by atoms with Crippen molar-refractivity contribution in [3.63, 3.8) is 0 Å². The zero-order valence-electron chi connectivity index (χ0n) is 9.71. The van der Waals surface area contributed by atoms with Gasteiger partial charge in [0, 0.05) is 5.69 Å². The monoisotopic (exact) mass is 310 g/mol. The number of halogens is 2. The van der Waals surface area contributed by atoms with Crippen LogP contribution in [0.1, 0.15) is 0 Å². The number of hydrogen-bond donors (Lipinski definition) is 2. The van der Waals surface area contributed by atoms with Crippen molar-refractivity contribution in [2.45, 2.75) is 0 Å². The first kappa shape index (κ1) is 12.7. The summed E-state index contributed by atoms with van der Waals surface area (Å²) in [5, 5.41) is 3.11. The van der Waals surface area contributed by atoms with Gasteiger partial charge in [-0.2, -0.15) is 0 Å². The Morgan fingerprint density at radius 3 is 2.72 bits per heavy atom. The van der Waals surface area contributed by atoms with E-state index in [0.717, 1.165) is 5.69 Å². The summed E-state index contributed by atoms with van der Waals surface area (Å²) in [7, 11) is 1.56. The number of methoxy groups -OCH3 is 1. The number of rotatable bonds is 3. The third-order valence-corrected chi connectivity index (χ3v) is 3.09. The van der Waals surface area contributed by atoms with Crippen LogP contribution < -0.4 is 15.8 Å². The molecular formula is C13H12BrFN2O. The number of nitrogen functional groups attached to an aromatic ring is 1. The molecule has 0 aromatic heterocycles. The van der Waals surface area contributed by atoms with Crippen LogP contribution in [0.25, 0.3) is 0 Å². The lowest BCUT2D eigenvalue weighted by Gasteiger charge is -2.12. The summed E-state index contributed by atoms with van der Waals surface area (Å²) in [5.41, 5.74) is 7.91. The minimum atomic E-state index is -0.306. The molecule has 0 radical (unpaired) electrons. The number of ether oxygens (including phenoxy) is 1. The second-order valence-corrected chi connectivity index (χ2v) is 4.53. The smallest absolute Gasteiger partial charge is 0.143 e. The molecule has 0 aliphatic carbocycles. The van der Waals surface area contributed by atoms with Crippen LogP contribution in [0.3, 0.4) is 0 Å². The molecule has 2 rings (SSSR count). The minimum Gasteiger partial charge on any atom is -0.495 e. The largest absolute Gasteiger partial charge is 0.495 e. The molecule has 94 valence electrons. The maximum atomic E-state index is 13.1. The maximum Gasteiger partial charge on any atom is 0.143 e. The van der Waals surface area contributed by atoms with Crippen LogP contribution in [0, 0.1) is 5.82 Å². The minimum absolute atomic E-state index is 0.306. The molecule has 2 aromatic rings. The molecule has 5 heteroatoms. The number of nitrogens with one attached hydrogen (secondary N) is 1. The topological polar surface area (TPSA) is 47.3 Å². The highest BCUT2D eigenvalue weighted by atomic mass is 79.9. The third kappa shape index (κ3) is 2.56. The van der Waals surface area contributed by atoms with Crippen molar-refractivity contribution in [2.24, 2.45) is 0 Å². The number of para-hydroxylation sites is 1. The van der Waals surface area contributed by atoms with E-state index < -0.39 is 0 Å². The lowest BCUT2D eigenvalue weighted by Crippen LogP contribution is -1.99. The van der Waals surface area contributed by atoms with Crippen molar-refractivity contribution < 1.29 is 9.13 Å². The van der Waals surface area contributed by atoms with Gasteiger partial charge in [0.2, 0.25) is 0 Å². The molecule has 0 heterocycles. The molecule has 0 bridgehead atoms. The fourth-order valence-corrected chi connectivity index (χ4v) is 1.94. The Balaban J connectivity index is 2.31. The van der Waals surface area contributed by atoms with E-state index in [9.17, 15) is 4.39 Å². The van der Waals surface area contributed by atoms with Gasteiger partial charge in [0.15, 0.2) is 0 Å². The van der Waals surface area contributed by atoms with Gasteiger partial charge in [0.25, 0.3) is 0 Å². The van der Waals surface area contributed by atoms with Crippen molar-refractivity contribution in [1.29, 1.82) is 0 Å². The molecule has 0 fully saturated rings. The van der Waals surface area contributed by atoms with E-state index in [2.05, 4.69) is 21.2 Å². The molecule has 0 unspecified atom stereocenters. The van der Waals surface area contributed by atoms with Gasteiger partial charge in [-0.05, 0) is 46.3 Å². The SMILES string of the molecule is COc1cccc(Nc2ccc(F)c(Br)c2)c1N. The molecule has 0 amide bonds. The van der Waals surface area contributed by atoms with Crippen molar-refractivity contribution in [1.82, 2.24) is 0 Å². The molecular weight excluding hydrogens is 299 g/mol. The fraction of sp³-hybridized carbons (Fsp3) is 0.0769. The van der Waals surface area contributed by atoms with Crippen molar-refractivity contribution in [3.8, 4) is 5.75 Å². The van der Waals surface area contributed by atoms with E-state index >= 15 is 0 Å². The molecule has 2 aromatic carbocycles. The van der Waals surface area contributed by atoms with E-state index in [1.165, 1.54) is 6.07 Å². The quantitative estimate of drug-likeness (QED) is 0.845. The average molecular weight is 311 g/mol. The van der Waals surface area contributed by atoms with Crippen LogP contribution in [0.5, 0.6) is 5.75 Å². The van der Waals surface area contributed by atoms with Crippen LogP contribution in [0.4, 0.5) is 21.5 Å². The predicted octanol–water partition coefficient (Wildman–Crippen LogP) is 3.92. The first-order valence-corrected chi connectivity index (χ1v) is 6.05. The van der Waals surface area contributed by atoms with Crippen LogP contribution in [0.2, 0.25) is 0 Å². The summed E-state index contributed by atoms with van der Waals surface area (Å²) >= 11 is 3.14. The standard InChI is InChI=1S/C13H12BrFN2O/c1-18-12-4-2-3-11(13(12)16)17-8-5-6-10(15)9(14)7-8/h2-7,17H,16H2,1H3.